The van der Waals surface area contributed by atoms with Crippen molar-refractivity contribution in [1.29, 1.82) is 0 Å². The van der Waals surface area contributed by atoms with Gasteiger partial charge in [0, 0.05) is 22.4 Å². The molecule has 0 bridgehead atoms. The molecule has 1 aliphatic carbocycles. The van der Waals surface area contributed by atoms with E-state index in [1.807, 2.05) is 30.3 Å². The van der Waals surface area contributed by atoms with Gasteiger partial charge in [0.15, 0.2) is 0 Å². The van der Waals surface area contributed by atoms with E-state index < -0.39 is 0 Å². The number of benzene rings is 1. The van der Waals surface area contributed by atoms with Crippen LogP contribution in [0, 0.1) is 0 Å². The van der Waals surface area contributed by atoms with Crippen LogP contribution in [0.25, 0.3) is 0 Å². The van der Waals surface area contributed by atoms with E-state index in [0.717, 1.165) is 16.0 Å². The molecule has 2 N–H and O–H groups in total. The Balaban J connectivity index is 1.66. The summed E-state index contributed by atoms with van der Waals surface area (Å²) >= 11 is 3.47. The van der Waals surface area contributed by atoms with Gasteiger partial charge < -0.3 is 10.6 Å². The monoisotopic (exact) mass is 360 g/mol. The van der Waals surface area contributed by atoms with Crippen molar-refractivity contribution >= 4 is 33.4 Å². The highest BCUT2D eigenvalue weighted by Crippen LogP contribution is 2.22. The number of nitrogens with zero attached hydrogens (tertiary/aromatic N) is 2. The lowest BCUT2D eigenvalue weighted by Gasteiger charge is -2.17. The van der Waals surface area contributed by atoms with Crippen LogP contribution in [0.3, 0.4) is 0 Å². The van der Waals surface area contributed by atoms with E-state index in [4.69, 9.17) is 0 Å². The first-order valence-corrected chi connectivity index (χ1v) is 8.71. The molecule has 0 amide bonds. The van der Waals surface area contributed by atoms with Crippen molar-refractivity contribution in [1.82, 2.24) is 9.97 Å². The second kappa shape index (κ2) is 7.58. The van der Waals surface area contributed by atoms with Gasteiger partial charge in [-0.1, -0.05) is 47.7 Å². The Morgan fingerprint density at radius 1 is 1.05 bits per heavy atom. The summed E-state index contributed by atoms with van der Waals surface area (Å²) < 4.78 is 1.03. The van der Waals surface area contributed by atoms with Crippen molar-refractivity contribution < 1.29 is 0 Å². The van der Waals surface area contributed by atoms with Crippen molar-refractivity contribution in [2.24, 2.45) is 0 Å². The van der Waals surface area contributed by atoms with Crippen LogP contribution in [-0.4, -0.2) is 16.0 Å². The lowest BCUT2D eigenvalue weighted by molar-refractivity contribution is 0.617. The first-order chi connectivity index (χ1) is 10.8. The molecule has 116 valence electrons. The molecule has 1 aromatic carbocycles. The molecule has 2 aromatic rings. The van der Waals surface area contributed by atoms with E-state index in [-0.39, 0.29) is 0 Å². The fourth-order valence-corrected chi connectivity index (χ4v) is 3.23. The predicted octanol–water partition coefficient (Wildman–Crippen LogP) is 5.12. The minimum Gasteiger partial charge on any atom is -0.367 e. The molecular formula is C17H21BrN4. The first kappa shape index (κ1) is 15.3. The minimum atomic E-state index is 0.538. The maximum absolute atomic E-state index is 4.57. The largest absolute Gasteiger partial charge is 0.367 e. The van der Waals surface area contributed by atoms with Crippen LogP contribution in [0.15, 0.2) is 41.0 Å². The maximum Gasteiger partial charge on any atom is 0.229 e. The molecule has 22 heavy (non-hydrogen) atoms. The lowest BCUT2D eigenvalue weighted by atomic mass is 10.1. The second-order valence-corrected chi connectivity index (χ2v) is 6.65. The molecule has 3 rings (SSSR count). The van der Waals surface area contributed by atoms with Gasteiger partial charge in [-0.25, -0.2) is 4.98 Å². The molecule has 0 spiro atoms. The molecule has 0 atom stereocenters. The zero-order valence-corrected chi connectivity index (χ0v) is 14.1. The smallest absolute Gasteiger partial charge is 0.229 e. The number of anilines is 3. The summed E-state index contributed by atoms with van der Waals surface area (Å²) in [5.74, 6) is 1.52. The first-order valence-electron chi connectivity index (χ1n) is 7.92. The fraction of sp³-hybridized carbons (Fsp3) is 0.412. The summed E-state index contributed by atoms with van der Waals surface area (Å²) in [6.07, 6.45) is 9.61. The number of nitrogens with one attached hydrogen (secondary N) is 2. The average Bonchev–Trinajstić information content (AvgIpc) is 2.76. The topological polar surface area (TPSA) is 49.8 Å². The van der Waals surface area contributed by atoms with Crippen molar-refractivity contribution in [3.8, 4) is 0 Å². The highest BCUT2D eigenvalue weighted by molar-refractivity contribution is 9.10. The molecule has 1 saturated carbocycles. The number of hydrogen-bond donors (Lipinski definition) is 2. The van der Waals surface area contributed by atoms with Gasteiger partial charge in [-0.05, 0) is 37.1 Å². The van der Waals surface area contributed by atoms with E-state index in [1.54, 1.807) is 6.20 Å². The summed E-state index contributed by atoms with van der Waals surface area (Å²) in [5, 5.41) is 6.80. The fourth-order valence-electron chi connectivity index (χ4n) is 2.83. The van der Waals surface area contributed by atoms with E-state index in [0.29, 0.717) is 12.0 Å². The molecule has 0 aliphatic heterocycles. The third-order valence-electron chi connectivity index (χ3n) is 3.94. The normalized spacial score (nSPS) is 16.0. The number of rotatable bonds is 4. The van der Waals surface area contributed by atoms with Gasteiger partial charge in [0.1, 0.15) is 5.82 Å². The maximum atomic E-state index is 4.57. The Hall–Kier alpha value is -1.62. The van der Waals surface area contributed by atoms with Crippen molar-refractivity contribution in [3.05, 3.63) is 41.0 Å². The molecule has 1 aromatic heterocycles. The van der Waals surface area contributed by atoms with Gasteiger partial charge in [0.05, 0.1) is 0 Å². The van der Waals surface area contributed by atoms with Crippen LogP contribution in [0.2, 0.25) is 0 Å². The molecule has 1 heterocycles. The van der Waals surface area contributed by atoms with E-state index in [1.165, 1.54) is 38.5 Å². The molecule has 4 nitrogen and oxygen atoms in total. The molecule has 1 aliphatic rings. The van der Waals surface area contributed by atoms with Crippen molar-refractivity contribution in [2.75, 3.05) is 10.6 Å². The Labute approximate surface area is 139 Å². The van der Waals surface area contributed by atoms with Crippen LogP contribution in [0.4, 0.5) is 17.5 Å². The number of hydrogen-bond acceptors (Lipinski definition) is 4. The zero-order chi connectivity index (χ0) is 15.2. The van der Waals surface area contributed by atoms with E-state index in [2.05, 4.69) is 36.5 Å². The Bertz CT molecular complexity index is 609. The van der Waals surface area contributed by atoms with E-state index >= 15 is 0 Å². The van der Waals surface area contributed by atoms with Gasteiger partial charge in [0.25, 0.3) is 0 Å². The van der Waals surface area contributed by atoms with Crippen molar-refractivity contribution in [2.45, 2.75) is 44.6 Å². The van der Waals surface area contributed by atoms with Crippen LogP contribution in [0.1, 0.15) is 38.5 Å². The Morgan fingerprint density at radius 3 is 2.64 bits per heavy atom. The molecule has 5 heteroatoms. The SMILES string of the molecule is Brc1cccc(Nc2nccc(NC3CCCCCC3)n2)c1. The summed E-state index contributed by atoms with van der Waals surface area (Å²) in [4.78, 5) is 8.87. The molecule has 0 radical (unpaired) electrons. The van der Waals surface area contributed by atoms with Crippen LogP contribution in [0.5, 0.6) is 0 Å². The van der Waals surface area contributed by atoms with E-state index in [9.17, 15) is 0 Å². The standard InChI is InChI=1S/C17H21BrN4/c18-13-6-5-9-15(12-13)21-17-19-11-10-16(22-17)20-14-7-3-1-2-4-8-14/h5-6,9-12,14H,1-4,7-8H2,(H2,19,20,21,22). The molecule has 0 unspecified atom stereocenters. The highest BCUT2D eigenvalue weighted by Gasteiger charge is 2.12. The highest BCUT2D eigenvalue weighted by atomic mass is 79.9. The van der Waals surface area contributed by atoms with Gasteiger partial charge in [-0.15, -0.1) is 0 Å². The summed E-state index contributed by atoms with van der Waals surface area (Å²) in [7, 11) is 0. The molecule has 0 saturated heterocycles. The van der Waals surface area contributed by atoms with Gasteiger partial charge in [-0.3, -0.25) is 0 Å². The Kier molecular flexibility index (Phi) is 5.27. The van der Waals surface area contributed by atoms with Crippen LogP contribution >= 0.6 is 15.9 Å². The van der Waals surface area contributed by atoms with Crippen LogP contribution < -0.4 is 10.6 Å². The molecule has 1 fully saturated rings. The third-order valence-corrected chi connectivity index (χ3v) is 4.44. The van der Waals surface area contributed by atoms with Crippen LogP contribution in [-0.2, 0) is 0 Å². The van der Waals surface area contributed by atoms with Crippen molar-refractivity contribution in [3.63, 3.8) is 0 Å². The van der Waals surface area contributed by atoms with Gasteiger partial charge in [0.2, 0.25) is 5.95 Å². The zero-order valence-electron chi connectivity index (χ0n) is 12.6. The minimum absolute atomic E-state index is 0.538. The van der Waals surface area contributed by atoms with Gasteiger partial charge in [-0.2, -0.15) is 4.98 Å². The quantitative estimate of drug-likeness (QED) is 0.743. The lowest BCUT2D eigenvalue weighted by Crippen LogP contribution is -2.19. The third kappa shape index (κ3) is 4.44. The summed E-state index contributed by atoms with van der Waals surface area (Å²) in [6.45, 7) is 0. The Morgan fingerprint density at radius 2 is 1.86 bits per heavy atom. The summed E-state index contributed by atoms with van der Waals surface area (Å²) in [6, 6.07) is 10.5. The second-order valence-electron chi connectivity index (χ2n) is 5.73. The number of halogens is 1. The molecular weight excluding hydrogens is 340 g/mol. The van der Waals surface area contributed by atoms with Gasteiger partial charge >= 0.3 is 0 Å². The summed E-state index contributed by atoms with van der Waals surface area (Å²) in [5.41, 5.74) is 0.973. The average molecular weight is 361 g/mol. The predicted molar refractivity (Wildman–Crippen MR) is 94.6 cm³/mol. The number of aromatic nitrogens is 2.